The third-order valence-corrected chi connectivity index (χ3v) is 4.62. The van der Waals surface area contributed by atoms with E-state index in [2.05, 4.69) is 12.2 Å². The second-order valence-electron chi connectivity index (χ2n) is 6.05. The molecule has 0 fully saturated rings. The lowest BCUT2D eigenvalue weighted by molar-refractivity contribution is -0.129. The largest absolute Gasteiger partial charge is 0.383 e. The van der Waals surface area contributed by atoms with Crippen molar-refractivity contribution < 1.29 is 14.1 Å². The van der Waals surface area contributed by atoms with Crippen LogP contribution in [-0.4, -0.2) is 39.9 Å². The maximum atomic E-state index is 11.6. The number of unbranched alkanes of at least 4 members (excludes halogenated alkanes) is 9. The molecule has 1 unspecified atom stereocenters. The summed E-state index contributed by atoms with van der Waals surface area (Å²) in [6.45, 7) is 2.87. The normalized spacial score (nSPS) is 13.8. The Kier molecular flexibility index (Phi) is 15.2. The van der Waals surface area contributed by atoms with Crippen molar-refractivity contribution in [3.8, 4) is 0 Å². The van der Waals surface area contributed by atoms with Crippen LogP contribution in [0.2, 0.25) is 0 Å². The van der Waals surface area contributed by atoms with Gasteiger partial charge in [0.1, 0.15) is 6.10 Å². The molecule has 4 nitrogen and oxygen atoms in total. The van der Waals surface area contributed by atoms with Crippen molar-refractivity contribution in [3.63, 3.8) is 0 Å². The molecule has 0 spiro atoms. The summed E-state index contributed by atoms with van der Waals surface area (Å²) in [5.41, 5.74) is 0. The van der Waals surface area contributed by atoms with Gasteiger partial charge < -0.3 is 10.4 Å². The van der Waals surface area contributed by atoms with Crippen LogP contribution in [0.15, 0.2) is 0 Å². The van der Waals surface area contributed by atoms with Crippen LogP contribution in [0.1, 0.15) is 77.6 Å². The standard InChI is InChI=1S/C17H35NO3S/c1-3-4-5-6-7-8-9-10-11-12-14-18-17(20)16(19)13-15-22(2)21/h16,19H,3-15H2,1-2H3,(H,18,20)/t16?,22-/m1/s1. The molecule has 0 aliphatic rings. The lowest BCUT2D eigenvalue weighted by atomic mass is 10.1. The van der Waals surface area contributed by atoms with Crippen LogP contribution in [0, 0.1) is 0 Å². The number of hydrogen-bond donors (Lipinski definition) is 2. The summed E-state index contributed by atoms with van der Waals surface area (Å²) in [4.78, 5) is 11.6. The molecule has 0 aliphatic heterocycles. The van der Waals surface area contributed by atoms with E-state index >= 15 is 0 Å². The number of amides is 1. The van der Waals surface area contributed by atoms with Gasteiger partial charge in [-0.05, 0) is 12.8 Å². The van der Waals surface area contributed by atoms with Gasteiger partial charge in [0.25, 0.3) is 0 Å². The van der Waals surface area contributed by atoms with E-state index in [1.165, 1.54) is 51.4 Å². The highest BCUT2D eigenvalue weighted by molar-refractivity contribution is 7.84. The van der Waals surface area contributed by atoms with Crippen molar-refractivity contribution in [1.82, 2.24) is 5.32 Å². The predicted molar refractivity (Wildman–Crippen MR) is 94.4 cm³/mol. The van der Waals surface area contributed by atoms with Crippen LogP contribution >= 0.6 is 0 Å². The molecule has 2 atom stereocenters. The number of rotatable bonds is 15. The Morgan fingerprint density at radius 3 is 2.00 bits per heavy atom. The minimum Gasteiger partial charge on any atom is -0.383 e. The summed E-state index contributed by atoms with van der Waals surface area (Å²) in [7, 11) is -0.958. The van der Waals surface area contributed by atoms with Crippen LogP contribution in [0.25, 0.3) is 0 Å². The number of nitrogens with one attached hydrogen (secondary N) is 1. The third kappa shape index (κ3) is 14.5. The van der Waals surface area contributed by atoms with E-state index in [1.807, 2.05) is 0 Å². The van der Waals surface area contributed by atoms with Crippen molar-refractivity contribution in [2.75, 3.05) is 18.6 Å². The number of hydrogen-bond acceptors (Lipinski definition) is 3. The molecular formula is C17H35NO3S. The molecule has 0 aromatic carbocycles. The highest BCUT2D eigenvalue weighted by atomic mass is 32.2. The topological polar surface area (TPSA) is 66.4 Å². The Hall–Kier alpha value is -0.420. The minimum atomic E-state index is -1.02. The number of carbonyl (C=O) groups excluding carboxylic acids is 1. The van der Waals surface area contributed by atoms with Gasteiger partial charge in [0.2, 0.25) is 5.91 Å². The zero-order valence-corrected chi connectivity index (χ0v) is 15.3. The number of aliphatic hydroxyl groups is 1. The smallest absolute Gasteiger partial charge is 0.248 e. The van der Waals surface area contributed by atoms with Gasteiger partial charge >= 0.3 is 0 Å². The number of carbonyl (C=O) groups is 1. The van der Waals surface area contributed by atoms with E-state index in [1.54, 1.807) is 6.26 Å². The summed E-state index contributed by atoms with van der Waals surface area (Å²) in [6, 6.07) is 0. The Morgan fingerprint density at radius 1 is 1.00 bits per heavy atom. The fraction of sp³-hybridized carbons (Fsp3) is 0.941. The van der Waals surface area contributed by atoms with Gasteiger partial charge in [0.05, 0.1) is 0 Å². The molecule has 0 saturated carbocycles. The summed E-state index contributed by atoms with van der Waals surface area (Å²) in [5.74, 6) is 0.0358. The first kappa shape index (κ1) is 21.6. The lowest BCUT2D eigenvalue weighted by Gasteiger charge is -2.10. The molecule has 0 aromatic rings. The van der Waals surface area contributed by atoms with E-state index < -0.39 is 16.9 Å². The molecule has 1 amide bonds. The van der Waals surface area contributed by atoms with Crippen molar-refractivity contribution in [3.05, 3.63) is 0 Å². The molecule has 2 N–H and O–H groups in total. The second-order valence-corrected chi connectivity index (χ2v) is 7.61. The van der Waals surface area contributed by atoms with E-state index in [9.17, 15) is 14.1 Å². The van der Waals surface area contributed by atoms with Gasteiger partial charge in [0.15, 0.2) is 0 Å². The first-order valence-electron chi connectivity index (χ1n) is 8.83. The van der Waals surface area contributed by atoms with E-state index in [0.717, 1.165) is 12.8 Å². The van der Waals surface area contributed by atoms with E-state index in [0.29, 0.717) is 12.3 Å². The molecule has 0 aliphatic carbocycles. The van der Waals surface area contributed by atoms with E-state index in [-0.39, 0.29) is 12.3 Å². The van der Waals surface area contributed by atoms with E-state index in [4.69, 9.17) is 0 Å². The molecule has 0 radical (unpaired) electrons. The monoisotopic (exact) mass is 333 g/mol. The van der Waals surface area contributed by atoms with Gasteiger partial charge in [-0.25, -0.2) is 0 Å². The van der Waals surface area contributed by atoms with Crippen molar-refractivity contribution in [1.29, 1.82) is 0 Å². The zero-order valence-electron chi connectivity index (χ0n) is 14.4. The molecule has 132 valence electrons. The Labute approximate surface area is 138 Å². The molecule has 0 aromatic heterocycles. The second kappa shape index (κ2) is 15.5. The van der Waals surface area contributed by atoms with Crippen molar-refractivity contribution in [2.45, 2.75) is 83.7 Å². The van der Waals surface area contributed by atoms with Gasteiger partial charge in [0, 0.05) is 29.4 Å². The van der Waals surface area contributed by atoms with Crippen molar-refractivity contribution >= 4 is 16.7 Å². The Morgan fingerprint density at radius 2 is 1.50 bits per heavy atom. The van der Waals surface area contributed by atoms with Crippen molar-refractivity contribution in [2.24, 2.45) is 0 Å². The van der Waals surface area contributed by atoms with Gasteiger partial charge in [-0.1, -0.05) is 64.7 Å². The summed E-state index contributed by atoms with van der Waals surface area (Å²) >= 11 is 0. The average Bonchev–Trinajstić information content (AvgIpc) is 2.49. The SMILES string of the molecule is CCCCCCCCCCCCNC(=O)C(O)CC[S@@](C)=O. The summed E-state index contributed by atoms with van der Waals surface area (Å²) in [5, 5.41) is 12.3. The van der Waals surface area contributed by atoms with Gasteiger partial charge in [-0.3, -0.25) is 9.00 Å². The molecule has 0 rings (SSSR count). The van der Waals surface area contributed by atoms with Crippen LogP contribution in [0.3, 0.4) is 0 Å². The maximum absolute atomic E-state index is 11.6. The maximum Gasteiger partial charge on any atom is 0.248 e. The Bertz CT molecular complexity index is 298. The molecule has 0 saturated heterocycles. The highest BCUT2D eigenvalue weighted by Crippen LogP contribution is 2.10. The van der Waals surface area contributed by atoms with Crippen LogP contribution in [-0.2, 0) is 15.6 Å². The first-order chi connectivity index (χ1) is 10.6. The molecule has 0 bridgehead atoms. The van der Waals surface area contributed by atoms with Crippen LogP contribution in [0.4, 0.5) is 0 Å². The predicted octanol–water partition coefficient (Wildman–Crippen LogP) is 3.15. The summed E-state index contributed by atoms with van der Waals surface area (Å²) in [6.07, 6.45) is 13.5. The Balaban J connectivity index is 3.31. The molecule has 22 heavy (non-hydrogen) atoms. The van der Waals surface area contributed by atoms with Gasteiger partial charge in [-0.15, -0.1) is 0 Å². The number of aliphatic hydroxyl groups excluding tert-OH is 1. The minimum absolute atomic E-state index is 0.271. The molecule has 5 heteroatoms. The third-order valence-electron chi connectivity index (χ3n) is 3.81. The molecular weight excluding hydrogens is 298 g/mol. The quantitative estimate of drug-likeness (QED) is 0.452. The first-order valence-corrected chi connectivity index (χ1v) is 10.6. The average molecular weight is 334 g/mol. The highest BCUT2D eigenvalue weighted by Gasteiger charge is 2.14. The zero-order chi connectivity index (χ0) is 16.6. The fourth-order valence-electron chi connectivity index (χ4n) is 2.35. The summed E-state index contributed by atoms with van der Waals surface area (Å²) < 4.78 is 10.9. The van der Waals surface area contributed by atoms with Crippen LogP contribution < -0.4 is 5.32 Å². The lowest BCUT2D eigenvalue weighted by Crippen LogP contribution is -2.35. The van der Waals surface area contributed by atoms with Gasteiger partial charge in [-0.2, -0.15) is 0 Å². The van der Waals surface area contributed by atoms with Crippen LogP contribution in [0.5, 0.6) is 0 Å². The molecule has 0 heterocycles. The fourth-order valence-corrected chi connectivity index (χ4v) is 2.91.